The molecule has 0 spiro atoms. The van der Waals surface area contributed by atoms with Crippen LogP contribution < -0.4 is 5.43 Å². The largest absolute Gasteiger partial charge is 0.450 e. The molecule has 3 aromatic rings. The minimum absolute atomic E-state index is 0.0214. The van der Waals surface area contributed by atoms with Gasteiger partial charge in [-0.1, -0.05) is 25.1 Å². The van der Waals surface area contributed by atoms with Crippen LogP contribution in [0.4, 0.5) is 5.69 Å². The van der Waals surface area contributed by atoms with Gasteiger partial charge in [-0.15, -0.1) is 0 Å². The molecule has 0 aliphatic carbocycles. The SMILES string of the molecule is CCc1ccc2oc3c(c(=O)c2c1)C(c1cccc([N+](=O)[O-])c1)N(CCCN(C)C)C3=O. The van der Waals surface area contributed by atoms with Gasteiger partial charge in [0, 0.05) is 18.7 Å². The van der Waals surface area contributed by atoms with E-state index < -0.39 is 11.0 Å². The van der Waals surface area contributed by atoms with Gasteiger partial charge in [0.2, 0.25) is 5.76 Å². The van der Waals surface area contributed by atoms with E-state index in [1.165, 1.54) is 12.1 Å². The monoisotopic (exact) mass is 435 g/mol. The summed E-state index contributed by atoms with van der Waals surface area (Å²) in [4.78, 5) is 41.4. The second-order valence-corrected chi connectivity index (χ2v) is 8.27. The van der Waals surface area contributed by atoms with Crippen molar-refractivity contribution in [2.24, 2.45) is 0 Å². The molecule has 0 radical (unpaired) electrons. The van der Waals surface area contributed by atoms with Crippen LogP contribution in [0.1, 0.15) is 46.6 Å². The number of hydrogen-bond acceptors (Lipinski definition) is 6. The smallest absolute Gasteiger partial charge is 0.290 e. The Labute approximate surface area is 185 Å². The zero-order chi connectivity index (χ0) is 23.0. The summed E-state index contributed by atoms with van der Waals surface area (Å²) in [6, 6.07) is 10.8. The second-order valence-electron chi connectivity index (χ2n) is 8.27. The predicted octanol–water partition coefficient (Wildman–Crippen LogP) is 3.76. The van der Waals surface area contributed by atoms with Crippen molar-refractivity contribution in [3.8, 4) is 0 Å². The number of nitro groups is 1. The standard InChI is InChI=1S/C24H25N3O5/c1-4-15-9-10-19-18(13-15)22(28)20-21(16-7-5-8-17(14-16)27(30)31)26(12-6-11-25(2)3)24(29)23(20)32-19/h5,7-10,13-14,21H,4,6,11-12H2,1-3H3. The van der Waals surface area contributed by atoms with E-state index in [0.29, 0.717) is 29.5 Å². The van der Waals surface area contributed by atoms with Gasteiger partial charge in [0.15, 0.2) is 5.43 Å². The van der Waals surface area contributed by atoms with Crippen LogP contribution in [-0.2, 0) is 6.42 Å². The van der Waals surface area contributed by atoms with E-state index in [-0.39, 0.29) is 28.3 Å². The highest BCUT2D eigenvalue weighted by atomic mass is 16.6. The molecule has 1 atom stereocenters. The van der Waals surface area contributed by atoms with Crippen LogP contribution in [0, 0.1) is 10.1 Å². The number of amides is 1. The van der Waals surface area contributed by atoms with Gasteiger partial charge in [-0.2, -0.15) is 0 Å². The molecule has 0 saturated carbocycles. The summed E-state index contributed by atoms with van der Waals surface area (Å²) in [7, 11) is 3.89. The number of fused-ring (bicyclic) bond motifs is 2. The Morgan fingerprint density at radius 1 is 1.16 bits per heavy atom. The molecule has 2 heterocycles. The summed E-state index contributed by atoms with van der Waals surface area (Å²) < 4.78 is 5.95. The lowest BCUT2D eigenvalue weighted by atomic mass is 9.97. The Morgan fingerprint density at radius 3 is 2.62 bits per heavy atom. The summed E-state index contributed by atoms with van der Waals surface area (Å²) in [6.45, 7) is 3.15. The number of non-ortho nitro benzene ring substituents is 1. The highest BCUT2D eigenvalue weighted by molar-refractivity contribution is 5.99. The molecule has 0 N–H and O–H groups in total. The van der Waals surface area contributed by atoms with Crippen molar-refractivity contribution in [3.05, 3.63) is 85.3 Å². The van der Waals surface area contributed by atoms with Crippen LogP contribution >= 0.6 is 0 Å². The van der Waals surface area contributed by atoms with Crippen LogP contribution in [0.3, 0.4) is 0 Å². The number of carbonyl (C=O) groups excluding carboxylic acids is 1. The van der Waals surface area contributed by atoms with Gasteiger partial charge in [0.25, 0.3) is 11.6 Å². The van der Waals surface area contributed by atoms with E-state index in [1.807, 2.05) is 32.0 Å². The predicted molar refractivity (Wildman–Crippen MR) is 121 cm³/mol. The number of rotatable bonds is 7. The number of nitrogens with zero attached hydrogens (tertiary/aromatic N) is 3. The van der Waals surface area contributed by atoms with E-state index >= 15 is 0 Å². The Bertz CT molecular complexity index is 1260. The van der Waals surface area contributed by atoms with Gasteiger partial charge in [-0.3, -0.25) is 19.7 Å². The second kappa shape index (κ2) is 8.55. The van der Waals surface area contributed by atoms with E-state index in [4.69, 9.17) is 4.42 Å². The molecule has 0 saturated heterocycles. The van der Waals surface area contributed by atoms with Crippen LogP contribution in [0.15, 0.2) is 51.7 Å². The van der Waals surface area contributed by atoms with E-state index in [1.54, 1.807) is 29.2 Å². The third-order valence-corrected chi connectivity index (χ3v) is 5.84. The van der Waals surface area contributed by atoms with Crippen LogP contribution in [0.25, 0.3) is 11.0 Å². The van der Waals surface area contributed by atoms with Crippen molar-refractivity contribution in [1.82, 2.24) is 9.80 Å². The summed E-state index contributed by atoms with van der Waals surface area (Å²) in [6.07, 6.45) is 1.45. The molecular weight excluding hydrogens is 410 g/mol. The van der Waals surface area contributed by atoms with Gasteiger partial charge in [0.05, 0.1) is 21.9 Å². The lowest BCUT2D eigenvalue weighted by Crippen LogP contribution is -2.32. The molecule has 4 rings (SSSR count). The molecule has 1 aliphatic rings. The Hall–Kier alpha value is -3.52. The topological polar surface area (TPSA) is 96.9 Å². The summed E-state index contributed by atoms with van der Waals surface area (Å²) in [5, 5.41) is 11.8. The number of carbonyl (C=O) groups is 1. The van der Waals surface area contributed by atoms with Gasteiger partial charge in [0.1, 0.15) is 5.58 Å². The zero-order valence-electron chi connectivity index (χ0n) is 18.3. The summed E-state index contributed by atoms with van der Waals surface area (Å²) in [5.41, 5.74) is 1.78. The van der Waals surface area contributed by atoms with Crippen molar-refractivity contribution < 1.29 is 14.1 Å². The molecule has 32 heavy (non-hydrogen) atoms. The highest BCUT2D eigenvalue weighted by Crippen LogP contribution is 2.39. The Balaban J connectivity index is 1.90. The lowest BCUT2D eigenvalue weighted by molar-refractivity contribution is -0.384. The van der Waals surface area contributed by atoms with Gasteiger partial charge >= 0.3 is 0 Å². The van der Waals surface area contributed by atoms with Crippen LogP contribution in [-0.4, -0.2) is 47.8 Å². The van der Waals surface area contributed by atoms with Gasteiger partial charge < -0.3 is 14.2 Å². The number of aryl methyl sites for hydroxylation is 1. The number of nitro benzene ring substituents is 1. The van der Waals surface area contributed by atoms with Gasteiger partial charge in [-0.25, -0.2) is 0 Å². The third kappa shape index (κ3) is 3.78. The summed E-state index contributed by atoms with van der Waals surface area (Å²) in [5.74, 6) is -0.345. The molecule has 8 heteroatoms. The first-order chi connectivity index (χ1) is 15.3. The number of hydrogen-bond donors (Lipinski definition) is 0. The fourth-order valence-corrected chi connectivity index (χ4v) is 4.23. The maximum Gasteiger partial charge on any atom is 0.290 e. The normalized spacial score (nSPS) is 15.6. The molecule has 1 aromatic heterocycles. The highest BCUT2D eigenvalue weighted by Gasteiger charge is 2.42. The minimum atomic E-state index is -0.731. The molecule has 8 nitrogen and oxygen atoms in total. The molecule has 0 bridgehead atoms. The average molecular weight is 435 g/mol. The van der Waals surface area contributed by atoms with E-state index in [0.717, 1.165) is 18.5 Å². The average Bonchev–Trinajstić information content (AvgIpc) is 3.05. The molecule has 1 unspecified atom stereocenters. The van der Waals surface area contributed by atoms with Gasteiger partial charge in [-0.05, 0) is 56.7 Å². The zero-order valence-corrected chi connectivity index (χ0v) is 18.3. The first-order valence-corrected chi connectivity index (χ1v) is 10.6. The maximum atomic E-state index is 13.6. The molecule has 166 valence electrons. The maximum absolute atomic E-state index is 13.6. The molecule has 0 fully saturated rings. The molecule has 1 aliphatic heterocycles. The fourth-order valence-electron chi connectivity index (χ4n) is 4.23. The van der Waals surface area contributed by atoms with E-state index in [9.17, 15) is 19.7 Å². The number of benzene rings is 2. The van der Waals surface area contributed by atoms with Crippen molar-refractivity contribution in [2.75, 3.05) is 27.2 Å². The molecule has 1 amide bonds. The fraction of sp³-hybridized carbons (Fsp3) is 0.333. The van der Waals surface area contributed by atoms with Crippen molar-refractivity contribution in [2.45, 2.75) is 25.8 Å². The molecule has 2 aromatic carbocycles. The lowest BCUT2D eigenvalue weighted by Gasteiger charge is -2.25. The van der Waals surface area contributed by atoms with Crippen LogP contribution in [0.5, 0.6) is 0 Å². The summed E-state index contributed by atoms with van der Waals surface area (Å²) >= 11 is 0. The first-order valence-electron chi connectivity index (χ1n) is 10.6. The first kappa shape index (κ1) is 21.7. The third-order valence-electron chi connectivity index (χ3n) is 5.84. The quantitative estimate of drug-likeness (QED) is 0.414. The molecular formula is C24H25N3O5. The Kier molecular flexibility index (Phi) is 5.80. The van der Waals surface area contributed by atoms with Crippen molar-refractivity contribution >= 4 is 22.6 Å². The van der Waals surface area contributed by atoms with Crippen molar-refractivity contribution in [1.29, 1.82) is 0 Å². The Morgan fingerprint density at radius 2 is 1.94 bits per heavy atom. The minimum Gasteiger partial charge on any atom is -0.450 e. The van der Waals surface area contributed by atoms with Crippen molar-refractivity contribution in [3.63, 3.8) is 0 Å². The van der Waals surface area contributed by atoms with Crippen LogP contribution in [0.2, 0.25) is 0 Å². The van der Waals surface area contributed by atoms with E-state index in [2.05, 4.69) is 0 Å².